The number of aromatic nitrogens is 2. The molecule has 0 saturated carbocycles. The van der Waals surface area contributed by atoms with E-state index in [0.29, 0.717) is 4.90 Å². The number of amides is 2. The van der Waals surface area contributed by atoms with Crippen molar-refractivity contribution in [3.8, 4) is 0 Å². The van der Waals surface area contributed by atoms with Gasteiger partial charge in [0.1, 0.15) is 18.0 Å². The molecular formula is C17H15FN4O3S. The normalized spacial score (nSPS) is 13.3. The number of fused-ring (bicyclic) bond motifs is 1. The van der Waals surface area contributed by atoms with E-state index in [4.69, 9.17) is 0 Å². The van der Waals surface area contributed by atoms with Gasteiger partial charge in [0.05, 0.1) is 16.8 Å². The molecule has 9 heteroatoms. The van der Waals surface area contributed by atoms with Gasteiger partial charge in [0, 0.05) is 12.2 Å². The number of benzene rings is 1. The van der Waals surface area contributed by atoms with Gasteiger partial charge in [0.25, 0.3) is 5.56 Å². The Kier molecular flexibility index (Phi) is 5.17. The van der Waals surface area contributed by atoms with Crippen molar-refractivity contribution >= 4 is 35.0 Å². The van der Waals surface area contributed by atoms with E-state index in [1.54, 1.807) is 0 Å². The summed E-state index contributed by atoms with van der Waals surface area (Å²) in [5.41, 5.74) is -0.0703. The number of halogens is 1. The zero-order valence-corrected chi connectivity index (χ0v) is 14.5. The Bertz CT molecular complexity index is 944. The third-order valence-electron chi connectivity index (χ3n) is 3.62. The molecule has 3 rings (SSSR count). The summed E-state index contributed by atoms with van der Waals surface area (Å²) >= 11 is 1.23. The topological polar surface area (TPSA) is 84.3 Å². The molecule has 1 N–H and O–H groups in total. The third kappa shape index (κ3) is 3.67. The first kappa shape index (κ1) is 17.9. The molecular weight excluding hydrogens is 359 g/mol. The Balaban J connectivity index is 1.85. The number of nitrogens with zero attached hydrogens (tertiary/aromatic N) is 3. The molecule has 26 heavy (non-hydrogen) atoms. The van der Waals surface area contributed by atoms with E-state index in [1.165, 1.54) is 53.2 Å². The van der Waals surface area contributed by atoms with Gasteiger partial charge < -0.3 is 10.2 Å². The van der Waals surface area contributed by atoms with Crippen LogP contribution >= 0.6 is 11.8 Å². The Labute approximate surface area is 152 Å². The maximum absolute atomic E-state index is 13.2. The standard InChI is InChI=1S/C17H15FN4O3S/c1-2-6-21-15(24)10-26-13-8-19-22(17(25)16(13)21)9-14(23)20-12-5-3-4-11(18)7-12/h2-5,7-8H,1,6,9-10H2,(H,20,23). The van der Waals surface area contributed by atoms with Crippen molar-refractivity contribution in [3.63, 3.8) is 0 Å². The van der Waals surface area contributed by atoms with Crippen LogP contribution in [0.25, 0.3) is 0 Å². The molecule has 2 aromatic rings. The van der Waals surface area contributed by atoms with Gasteiger partial charge in [-0.2, -0.15) is 5.10 Å². The summed E-state index contributed by atoms with van der Waals surface area (Å²) in [5, 5.41) is 6.50. The van der Waals surface area contributed by atoms with Crippen LogP contribution in [0.3, 0.4) is 0 Å². The zero-order valence-electron chi connectivity index (χ0n) is 13.6. The maximum atomic E-state index is 13.2. The highest BCUT2D eigenvalue weighted by molar-refractivity contribution is 8.00. The zero-order chi connectivity index (χ0) is 18.7. The van der Waals surface area contributed by atoms with E-state index in [9.17, 15) is 18.8 Å². The van der Waals surface area contributed by atoms with Gasteiger partial charge in [-0.05, 0) is 18.2 Å². The van der Waals surface area contributed by atoms with Crippen LogP contribution in [0.2, 0.25) is 0 Å². The average molecular weight is 374 g/mol. The maximum Gasteiger partial charge on any atom is 0.292 e. The molecule has 0 spiro atoms. The Morgan fingerprint density at radius 3 is 2.96 bits per heavy atom. The second-order valence-corrected chi connectivity index (χ2v) is 6.48. The van der Waals surface area contributed by atoms with E-state index in [-0.39, 0.29) is 36.1 Å². The molecule has 0 atom stereocenters. The van der Waals surface area contributed by atoms with Crippen LogP contribution in [-0.4, -0.2) is 33.9 Å². The van der Waals surface area contributed by atoms with Gasteiger partial charge in [0.2, 0.25) is 11.8 Å². The van der Waals surface area contributed by atoms with E-state index >= 15 is 0 Å². The number of carbonyl (C=O) groups is 2. The van der Waals surface area contributed by atoms with Crippen LogP contribution in [0.15, 0.2) is 52.8 Å². The number of hydrogen-bond acceptors (Lipinski definition) is 5. The molecule has 1 aliphatic rings. The molecule has 1 aliphatic heterocycles. The highest BCUT2D eigenvalue weighted by Gasteiger charge is 2.28. The summed E-state index contributed by atoms with van der Waals surface area (Å²) in [6.07, 6.45) is 2.98. The van der Waals surface area contributed by atoms with Crippen LogP contribution in [0.1, 0.15) is 0 Å². The Hall–Kier alpha value is -2.94. The molecule has 2 amide bonds. The SMILES string of the molecule is C=CCN1C(=O)CSc2cnn(CC(=O)Nc3cccc(F)c3)c(=O)c21. The monoisotopic (exact) mass is 374 g/mol. The summed E-state index contributed by atoms with van der Waals surface area (Å²) in [4.78, 5) is 38.9. The smallest absolute Gasteiger partial charge is 0.292 e. The van der Waals surface area contributed by atoms with Crippen molar-refractivity contribution in [2.24, 2.45) is 0 Å². The molecule has 134 valence electrons. The van der Waals surface area contributed by atoms with Crippen LogP contribution < -0.4 is 15.8 Å². The first-order valence-corrected chi connectivity index (χ1v) is 8.67. The van der Waals surface area contributed by atoms with Gasteiger partial charge in [-0.25, -0.2) is 9.07 Å². The second kappa shape index (κ2) is 7.52. The number of thioether (sulfide) groups is 1. The Morgan fingerprint density at radius 2 is 2.23 bits per heavy atom. The molecule has 0 saturated heterocycles. The van der Waals surface area contributed by atoms with Crippen LogP contribution in [-0.2, 0) is 16.1 Å². The van der Waals surface area contributed by atoms with E-state index < -0.39 is 17.3 Å². The lowest BCUT2D eigenvalue weighted by atomic mass is 10.3. The minimum absolute atomic E-state index is 0.194. The number of anilines is 2. The number of nitrogens with one attached hydrogen (secondary N) is 1. The lowest BCUT2D eigenvalue weighted by molar-refractivity contribution is -0.117. The minimum atomic E-state index is -0.542. The molecule has 7 nitrogen and oxygen atoms in total. The highest BCUT2D eigenvalue weighted by atomic mass is 32.2. The largest absolute Gasteiger partial charge is 0.324 e. The minimum Gasteiger partial charge on any atom is -0.324 e. The lowest BCUT2D eigenvalue weighted by Crippen LogP contribution is -2.42. The van der Waals surface area contributed by atoms with Crippen molar-refractivity contribution in [2.45, 2.75) is 11.4 Å². The van der Waals surface area contributed by atoms with Gasteiger partial charge in [-0.3, -0.25) is 14.4 Å². The van der Waals surface area contributed by atoms with Crippen LogP contribution in [0.5, 0.6) is 0 Å². The van der Waals surface area contributed by atoms with Crippen LogP contribution in [0, 0.1) is 5.82 Å². The fraction of sp³-hybridized carbons (Fsp3) is 0.176. The molecule has 1 aromatic carbocycles. The number of carbonyl (C=O) groups excluding carboxylic acids is 2. The molecule has 0 bridgehead atoms. The van der Waals surface area contributed by atoms with Crippen molar-refractivity contribution in [1.82, 2.24) is 9.78 Å². The molecule has 0 radical (unpaired) electrons. The summed E-state index contributed by atoms with van der Waals surface area (Å²) in [5.74, 6) is -1.01. The average Bonchev–Trinajstić information content (AvgIpc) is 2.60. The molecule has 0 fully saturated rings. The summed E-state index contributed by atoms with van der Waals surface area (Å²) in [6.45, 7) is 3.43. The van der Waals surface area contributed by atoms with E-state index in [1.807, 2.05) is 0 Å². The number of hydrogen-bond donors (Lipinski definition) is 1. The predicted octanol–water partition coefficient (Wildman–Crippen LogP) is 1.65. The summed E-state index contributed by atoms with van der Waals surface area (Å²) in [7, 11) is 0. The Morgan fingerprint density at radius 1 is 1.42 bits per heavy atom. The predicted molar refractivity (Wildman–Crippen MR) is 96.8 cm³/mol. The molecule has 0 unspecified atom stereocenters. The van der Waals surface area contributed by atoms with Crippen molar-refractivity contribution in [3.05, 3.63) is 59.3 Å². The lowest BCUT2D eigenvalue weighted by Gasteiger charge is -2.27. The first-order chi connectivity index (χ1) is 12.5. The van der Waals surface area contributed by atoms with Crippen molar-refractivity contribution in [1.29, 1.82) is 0 Å². The fourth-order valence-electron chi connectivity index (χ4n) is 2.50. The van der Waals surface area contributed by atoms with Gasteiger partial charge in [0.15, 0.2) is 0 Å². The van der Waals surface area contributed by atoms with Gasteiger partial charge in [-0.1, -0.05) is 12.1 Å². The highest BCUT2D eigenvalue weighted by Crippen LogP contribution is 2.31. The molecule has 0 aliphatic carbocycles. The van der Waals surface area contributed by atoms with E-state index in [0.717, 1.165) is 4.68 Å². The van der Waals surface area contributed by atoms with Crippen molar-refractivity contribution in [2.75, 3.05) is 22.5 Å². The van der Waals surface area contributed by atoms with Crippen molar-refractivity contribution < 1.29 is 14.0 Å². The van der Waals surface area contributed by atoms with Gasteiger partial charge >= 0.3 is 0 Å². The molecule has 2 heterocycles. The second-order valence-electron chi connectivity index (χ2n) is 5.46. The summed E-state index contributed by atoms with van der Waals surface area (Å²) in [6, 6.07) is 5.42. The fourth-order valence-corrected chi connectivity index (χ4v) is 3.39. The first-order valence-electron chi connectivity index (χ1n) is 7.69. The summed E-state index contributed by atoms with van der Waals surface area (Å²) < 4.78 is 14.2. The molecule has 1 aromatic heterocycles. The number of rotatable bonds is 5. The van der Waals surface area contributed by atoms with Crippen LogP contribution in [0.4, 0.5) is 15.8 Å². The third-order valence-corrected chi connectivity index (χ3v) is 4.62. The van der Waals surface area contributed by atoms with E-state index in [2.05, 4.69) is 17.0 Å². The quantitative estimate of drug-likeness (QED) is 0.805. The van der Waals surface area contributed by atoms with Gasteiger partial charge in [-0.15, -0.1) is 18.3 Å².